The molecule has 0 aliphatic heterocycles. The third-order valence-corrected chi connectivity index (χ3v) is 6.34. The summed E-state index contributed by atoms with van der Waals surface area (Å²) in [6, 6.07) is 0. The van der Waals surface area contributed by atoms with E-state index in [9.17, 15) is 10.2 Å². The smallest absolute Gasteiger partial charge is 0.852 e. The molecule has 0 bridgehead atoms. The van der Waals surface area contributed by atoms with Gasteiger partial charge in [0.05, 0.1) is 0 Å². The fraction of sp³-hybridized carbons (Fsp3) is 1.00. The van der Waals surface area contributed by atoms with Gasteiger partial charge in [-0.15, -0.1) is 30.0 Å². The summed E-state index contributed by atoms with van der Waals surface area (Å²) in [7, 11) is 3.55. The van der Waals surface area contributed by atoms with E-state index in [0.717, 1.165) is 14.2 Å². The number of hydrogen-bond acceptors (Lipinski definition) is 2. The quantitative estimate of drug-likeness (QED) is 0.396. The maximum atomic E-state index is 9.53. The van der Waals surface area contributed by atoms with Crippen LogP contribution >= 0.6 is 17.8 Å². The fourth-order valence-electron chi connectivity index (χ4n) is 4.01. The minimum Gasteiger partial charge on any atom is -0.852 e. The SMILES string of the molecule is CC(C)[O-].CC(C)[O-].CP.CPC1CCCC(C(C)(C)C)(C(C)(C)C)C1.[Ti+2]. The third kappa shape index (κ3) is 15.9. The van der Waals surface area contributed by atoms with Crippen molar-refractivity contribution in [3.8, 4) is 0 Å². The Bertz CT molecular complexity index is 296. The summed E-state index contributed by atoms with van der Waals surface area (Å²) in [6.45, 7) is 25.5. The molecule has 0 aromatic carbocycles. The Labute approximate surface area is 191 Å². The van der Waals surface area contributed by atoms with Gasteiger partial charge in [-0.1, -0.05) is 82.3 Å². The van der Waals surface area contributed by atoms with Gasteiger partial charge >= 0.3 is 21.7 Å². The van der Waals surface area contributed by atoms with E-state index < -0.39 is 12.2 Å². The van der Waals surface area contributed by atoms with E-state index in [2.05, 4.69) is 57.4 Å². The van der Waals surface area contributed by atoms with Gasteiger partial charge in [0.25, 0.3) is 0 Å². The van der Waals surface area contributed by atoms with Crippen molar-refractivity contribution in [2.45, 2.75) is 113 Å². The molecule has 0 heterocycles. The van der Waals surface area contributed by atoms with Gasteiger partial charge in [0.2, 0.25) is 0 Å². The number of rotatable bonds is 1. The van der Waals surface area contributed by atoms with Crippen LogP contribution in [0.5, 0.6) is 0 Å². The first-order valence-corrected chi connectivity index (χ1v) is 12.9. The van der Waals surface area contributed by atoms with Gasteiger partial charge in [0, 0.05) is 0 Å². The van der Waals surface area contributed by atoms with Crippen molar-refractivity contribution >= 4 is 17.8 Å². The summed E-state index contributed by atoms with van der Waals surface area (Å²) in [6.07, 6.45) is 4.97. The van der Waals surface area contributed by atoms with Gasteiger partial charge in [0.1, 0.15) is 0 Å². The van der Waals surface area contributed by atoms with E-state index in [0.29, 0.717) is 16.2 Å². The number of hydrogen-bond donors (Lipinski definition) is 0. The molecule has 164 valence electrons. The molecule has 0 radical (unpaired) electrons. The Morgan fingerprint density at radius 2 is 1.19 bits per heavy atom. The molecule has 0 spiro atoms. The minimum atomic E-state index is -0.417. The first-order valence-electron chi connectivity index (χ1n) is 10.2. The second-order valence-electron chi connectivity index (χ2n) is 9.76. The largest absolute Gasteiger partial charge is 2.00 e. The van der Waals surface area contributed by atoms with E-state index in [1.54, 1.807) is 27.7 Å². The van der Waals surface area contributed by atoms with Gasteiger partial charge in [-0.25, -0.2) is 0 Å². The van der Waals surface area contributed by atoms with Crippen LogP contribution in [-0.4, -0.2) is 31.2 Å². The topological polar surface area (TPSA) is 46.1 Å². The zero-order valence-corrected chi connectivity index (χ0v) is 24.2. The van der Waals surface area contributed by atoms with Gasteiger partial charge in [-0.2, -0.15) is 0 Å². The maximum Gasteiger partial charge on any atom is 2.00 e. The van der Waals surface area contributed by atoms with Crippen LogP contribution in [0, 0.1) is 16.2 Å². The molecule has 2 nitrogen and oxygen atoms in total. The van der Waals surface area contributed by atoms with Crippen LogP contribution in [0.15, 0.2) is 0 Å². The van der Waals surface area contributed by atoms with Crippen LogP contribution in [0.3, 0.4) is 0 Å². The molecule has 1 aliphatic rings. The van der Waals surface area contributed by atoms with Crippen LogP contribution in [0.2, 0.25) is 0 Å². The van der Waals surface area contributed by atoms with E-state index in [1.165, 1.54) is 25.7 Å². The van der Waals surface area contributed by atoms with E-state index in [4.69, 9.17) is 0 Å². The van der Waals surface area contributed by atoms with Crippen molar-refractivity contribution in [3.05, 3.63) is 0 Å². The molecule has 5 heteroatoms. The standard InChI is InChI=1S/C15H31P.2C3H7O.CH5P.Ti/c1-13(2,3)15(14(4,5)6)10-8-9-12(11-15)16-7;2*1-3(2)4;1-2;/h12,16H,8-11H2,1-7H3;2*3H,1-2H3;2H2,1H3;/q;2*-1;;+2. The summed E-state index contributed by atoms with van der Waals surface area (Å²) in [5.74, 6) is 0. The molecule has 0 N–H and O–H groups in total. The van der Waals surface area contributed by atoms with Crippen molar-refractivity contribution in [1.29, 1.82) is 0 Å². The molecule has 0 saturated heterocycles. The van der Waals surface area contributed by atoms with E-state index in [-0.39, 0.29) is 21.7 Å². The maximum absolute atomic E-state index is 9.53. The molecule has 0 aromatic rings. The van der Waals surface area contributed by atoms with Crippen LogP contribution in [0.4, 0.5) is 0 Å². The fourth-order valence-corrected chi connectivity index (χ4v) is 5.05. The molecule has 27 heavy (non-hydrogen) atoms. The van der Waals surface area contributed by atoms with Crippen LogP contribution < -0.4 is 10.2 Å². The average Bonchev–Trinajstić information content (AvgIpc) is 2.46. The van der Waals surface area contributed by atoms with Gasteiger partial charge < -0.3 is 10.2 Å². The van der Waals surface area contributed by atoms with Crippen molar-refractivity contribution in [1.82, 2.24) is 0 Å². The molecule has 1 rings (SSSR count). The van der Waals surface area contributed by atoms with E-state index in [1.807, 2.05) is 6.66 Å². The van der Waals surface area contributed by atoms with Crippen molar-refractivity contribution < 1.29 is 31.9 Å². The van der Waals surface area contributed by atoms with Gasteiger partial charge in [-0.3, -0.25) is 0 Å². The monoisotopic (exact) mass is 456 g/mol. The molecule has 0 amide bonds. The molecule has 1 fully saturated rings. The molecular formula is C22H50O2P2Ti. The molecule has 3 unspecified atom stereocenters. The summed E-state index contributed by atoms with van der Waals surface area (Å²) >= 11 is 0. The Hall–Kier alpha value is 1.49. The summed E-state index contributed by atoms with van der Waals surface area (Å²) in [4.78, 5) is 0. The Morgan fingerprint density at radius 1 is 0.889 bits per heavy atom. The second-order valence-corrected chi connectivity index (χ2v) is 11.2. The van der Waals surface area contributed by atoms with Gasteiger partial charge in [0.15, 0.2) is 0 Å². The second kappa shape index (κ2) is 17.2. The average molecular weight is 456 g/mol. The molecule has 1 aliphatic carbocycles. The molecule has 3 atom stereocenters. The normalized spacial score (nSPS) is 19.2. The van der Waals surface area contributed by atoms with Crippen LogP contribution in [0.1, 0.15) is 94.9 Å². The first-order chi connectivity index (χ1) is 11.6. The minimum absolute atomic E-state index is 0. The summed E-state index contributed by atoms with van der Waals surface area (Å²) in [5, 5.41) is 19.1. The van der Waals surface area contributed by atoms with Gasteiger partial charge in [-0.05, 0) is 47.8 Å². The Balaban J connectivity index is -0.000000202. The summed E-state index contributed by atoms with van der Waals surface area (Å²) < 4.78 is 0. The van der Waals surface area contributed by atoms with Crippen LogP contribution in [-0.2, 0) is 21.7 Å². The Morgan fingerprint density at radius 3 is 1.41 bits per heavy atom. The first kappa shape index (κ1) is 35.9. The van der Waals surface area contributed by atoms with Crippen molar-refractivity contribution in [3.63, 3.8) is 0 Å². The van der Waals surface area contributed by atoms with E-state index >= 15 is 0 Å². The summed E-state index contributed by atoms with van der Waals surface area (Å²) in [5.41, 5.74) is 2.39. The van der Waals surface area contributed by atoms with Crippen molar-refractivity contribution in [2.75, 3.05) is 13.3 Å². The predicted molar refractivity (Wildman–Crippen MR) is 124 cm³/mol. The Kier molecular flexibility index (Phi) is 22.9. The zero-order valence-electron chi connectivity index (χ0n) is 20.5. The predicted octanol–water partition coefficient (Wildman–Crippen LogP) is 5.31. The third-order valence-electron chi connectivity index (χ3n) is 5.03. The van der Waals surface area contributed by atoms with Crippen LogP contribution in [0.25, 0.3) is 0 Å². The zero-order chi connectivity index (χ0) is 21.8. The molecule has 1 saturated carbocycles. The molecular weight excluding hydrogens is 406 g/mol. The van der Waals surface area contributed by atoms with Crippen molar-refractivity contribution in [2.24, 2.45) is 16.2 Å². The molecule has 0 aromatic heterocycles.